The Morgan fingerprint density at radius 1 is 1.38 bits per heavy atom. The normalized spacial score (nSPS) is 11.5. The van der Waals surface area contributed by atoms with Crippen LogP contribution in [-0.4, -0.2) is 29.6 Å². The first kappa shape index (κ1) is 15.0. The Morgan fingerprint density at radius 3 is 2.48 bits per heavy atom. The Labute approximate surface area is 123 Å². The van der Waals surface area contributed by atoms with Crippen LogP contribution in [-0.2, 0) is 23.6 Å². The molecule has 0 aliphatic carbocycles. The van der Waals surface area contributed by atoms with E-state index in [9.17, 15) is 8.42 Å². The average Bonchev–Trinajstić information content (AvgIpc) is 2.79. The summed E-state index contributed by atoms with van der Waals surface area (Å²) in [5, 5.41) is 12.6. The van der Waals surface area contributed by atoms with Gasteiger partial charge in [0.15, 0.2) is 5.82 Å². The lowest BCUT2D eigenvalue weighted by Crippen LogP contribution is -2.26. The Hall–Kier alpha value is -2.37. The van der Waals surface area contributed by atoms with Gasteiger partial charge in [0.05, 0.1) is 11.6 Å². The molecule has 0 bridgehead atoms. The predicted molar refractivity (Wildman–Crippen MR) is 77.4 cm³/mol. The molecule has 0 saturated carbocycles. The van der Waals surface area contributed by atoms with Gasteiger partial charge in [-0.25, -0.2) is 8.42 Å². The van der Waals surface area contributed by atoms with E-state index in [-0.39, 0.29) is 17.3 Å². The second kappa shape index (κ2) is 5.55. The van der Waals surface area contributed by atoms with Gasteiger partial charge in [-0.05, 0) is 17.7 Å². The quantitative estimate of drug-likeness (QED) is 0.895. The smallest absolute Gasteiger partial charge is 0.248 e. The summed E-state index contributed by atoms with van der Waals surface area (Å²) in [5.41, 5.74) is 6.93. The number of nitrogens with two attached hydrogens (primary N) is 1. The van der Waals surface area contributed by atoms with Crippen molar-refractivity contribution in [1.82, 2.24) is 14.1 Å². The molecule has 0 aliphatic heterocycles. The number of anilines is 1. The van der Waals surface area contributed by atoms with Crippen LogP contribution in [0.1, 0.15) is 11.1 Å². The highest BCUT2D eigenvalue weighted by Crippen LogP contribution is 2.21. The molecule has 0 spiro atoms. The molecular weight excluding hydrogens is 290 g/mol. The van der Waals surface area contributed by atoms with E-state index in [1.54, 1.807) is 31.3 Å². The van der Waals surface area contributed by atoms with E-state index in [0.717, 1.165) is 5.56 Å². The van der Waals surface area contributed by atoms with Gasteiger partial charge in [-0.3, -0.25) is 4.68 Å². The van der Waals surface area contributed by atoms with Crippen molar-refractivity contribution in [2.24, 2.45) is 7.05 Å². The summed E-state index contributed by atoms with van der Waals surface area (Å²) in [6.45, 7) is 0.183. The van der Waals surface area contributed by atoms with Crippen LogP contribution in [0.2, 0.25) is 0 Å². The number of nitriles is 1. The van der Waals surface area contributed by atoms with Crippen LogP contribution in [0.5, 0.6) is 0 Å². The molecule has 1 aromatic carbocycles. The van der Waals surface area contributed by atoms with Gasteiger partial charge in [-0.2, -0.15) is 14.7 Å². The van der Waals surface area contributed by atoms with Crippen molar-refractivity contribution in [1.29, 1.82) is 5.26 Å². The van der Waals surface area contributed by atoms with Crippen molar-refractivity contribution < 1.29 is 8.42 Å². The van der Waals surface area contributed by atoms with Gasteiger partial charge in [0.1, 0.15) is 4.90 Å². The fraction of sp³-hybridized carbons (Fsp3) is 0.231. The maximum atomic E-state index is 12.4. The number of aromatic nitrogens is 2. The lowest BCUT2D eigenvalue weighted by atomic mass is 10.1. The van der Waals surface area contributed by atoms with Gasteiger partial charge in [0.2, 0.25) is 10.0 Å². The van der Waals surface area contributed by atoms with Crippen LogP contribution in [0.3, 0.4) is 0 Å². The third-order valence-electron chi connectivity index (χ3n) is 3.00. The molecule has 2 aromatic rings. The van der Waals surface area contributed by atoms with E-state index in [1.165, 1.54) is 22.2 Å². The van der Waals surface area contributed by atoms with E-state index in [4.69, 9.17) is 11.0 Å². The molecular formula is C13H15N5O2S. The SMILES string of the molecule is CN(Cc1ccc(C#N)cc1)S(=O)(=O)c1cn(C)nc1N. The van der Waals surface area contributed by atoms with Crippen molar-refractivity contribution >= 4 is 15.8 Å². The summed E-state index contributed by atoms with van der Waals surface area (Å²) in [6, 6.07) is 8.75. The maximum Gasteiger partial charge on any atom is 0.248 e. The minimum absolute atomic E-state index is 0.0128. The van der Waals surface area contributed by atoms with Gasteiger partial charge in [0.25, 0.3) is 0 Å². The van der Waals surface area contributed by atoms with Crippen molar-refractivity contribution in [3.05, 3.63) is 41.6 Å². The number of hydrogen-bond acceptors (Lipinski definition) is 5. The molecule has 0 amide bonds. The Morgan fingerprint density at radius 2 is 2.00 bits per heavy atom. The zero-order valence-corrected chi connectivity index (χ0v) is 12.5. The summed E-state index contributed by atoms with van der Waals surface area (Å²) < 4.78 is 27.4. The third kappa shape index (κ3) is 3.04. The molecule has 110 valence electrons. The molecule has 0 atom stereocenters. The number of rotatable bonds is 4. The Balaban J connectivity index is 2.24. The molecule has 0 unspecified atom stereocenters. The molecule has 1 heterocycles. The first-order valence-electron chi connectivity index (χ1n) is 6.09. The maximum absolute atomic E-state index is 12.4. The third-order valence-corrected chi connectivity index (χ3v) is 4.82. The molecule has 0 fully saturated rings. The minimum atomic E-state index is -3.70. The zero-order valence-electron chi connectivity index (χ0n) is 11.7. The number of benzene rings is 1. The molecule has 2 rings (SSSR count). The number of sulfonamides is 1. The van der Waals surface area contributed by atoms with E-state index in [2.05, 4.69) is 5.10 Å². The number of nitrogen functional groups attached to an aromatic ring is 1. The van der Waals surface area contributed by atoms with Crippen LogP contribution in [0.4, 0.5) is 5.82 Å². The van der Waals surface area contributed by atoms with Crippen molar-refractivity contribution in [3.63, 3.8) is 0 Å². The monoisotopic (exact) mass is 305 g/mol. The fourth-order valence-corrected chi connectivity index (χ4v) is 3.12. The Kier molecular flexibility index (Phi) is 3.97. The minimum Gasteiger partial charge on any atom is -0.381 e. The van der Waals surface area contributed by atoms with Gasteiger partial charge in [-0.15, -0.1) is 0 Å². The molecule has 7 nitrogen and oxygen atoms in total. The molecule has 1 aromatic heterocycles. The largest absolute Gasteiger partial charge is 0.381 e. The van der Waals surface area contributed by atoms with Crippen molar-refractivity contribution in [2.75, 3.05) is 12.8 Å². The summed E-state index contributed by atoms with van der Waals surface area (Å²) >= 11 is 0. The van der Waals surface area contributed by atoms with Gasteiger partial charge < -0.3 is 5.73 Å². The van der Waals surface area contributed by atoms with Gasteiger partial charge >= 0.3 is 0 Å². The molecule has 2 N–H and O–H groups in total. The van der Waals surface area contributed by atoms with Crippen LogP contribution >= 0.6 is 0 Å². The Bertz CT molecular complexity index is 787. The number of hydrogen-bond donors (Lipinski definition) is 1. The van der Waals surface area contributed by atoms with Crippen molar-refractivity contribution in [2.45, 2.75) is 11.4 Å². The van der Waals surface area contributed by atoms with Crippen LogP contribution < -0.4 is 5.73 Å². The molecule has 0 aliphatic rings. The average molecular weight is 305 g/mol. The highest BCUT2D eigenvalue weighted by Gasteiger charge is 2.25. The molecule has 8 heteroatoms. The zero-order chi connectivity index (χ0) is 15.6. The first-order chi connectivity index (χ1) is 9.84. The second-order valence-corrected chi connectivity index (χ2v) is 6.64. The highest BCUT2D eigenvalue weighted by atomic mass is 32.2. The summed E-state index contributed by atoms with van der Waals surface area (Å²) in [4.78, 5) is -0.0128. The lowest BCUT2D eigenvalue weighted by molar-refractivity contribution is 0.467. The van der Waals surface area contributed by atoms with Gasteiger partial charge in [-0.1, -0.05) is 12.1 Å². The number of nitrogens with zero attached hydrogens (tertiary/aromatic N) is 4. The van der Waals surface area contributed by atoms with E-state index in [0.29, 0.717) is 5.56 Å². The van der Waals surface area contributed by atoms with Crippen LogP contribution in [0, 0.1) is 11.3 Å². The second-order valence-electron chi connectivity index (χ2n) is 4.62. The van der Waals surface area contributed by atoms with E-state index >= 15 is 0 Å². The first-order valence-corrected chi connectivity index (χ1v) is 7.53. The van der Waals surface area contributed by atoms with Crippen LogP contribution in [0.25, 0.3) is 0 Å². The van der Waals surface area contributed by atoms with E-state index in [1.807, 2.05) is 6.07 Å². The highest BCUT2D eigenvalue weighted by molar-refractivity contribution is 7.89. The van der Waals surface area contributed by atoms with E-state index < -0.39 is 10.0 Å². The standard InChI is InChI=1S/C13H15N5O2S/c1-17-9-12(13(15)16-17)21(19,20)18(2)8-11-5-3-10(7-14)4-6-11/h3-6,9H,8H2,1-2H3,(H2,15,16). The molecule has 0 radical (unpaired) electrons. The number of aryl methyl sites for hydroxylation is 1. The molecule has 21 heavy (non-hydrogen) atoms. The predicted octanol–water partition coefficient (Wildman–Crippen LogP) is 0.695. The summed E-state index contributed by atoms with van der Waals surface area (Å²) in [7, 11) is -0.623. The van der Waals surface area contributed by atoms with Gasteiger partial charge in [0, 0.05) is 26.8 Å². The fourth-order valence-electron chi connectivity index (χ4n) is 1.88. The van der Waals surface area contributed by atoms with Crippen molar-refractivity contribution in [3.8, 4) is 6.07 Å². The summed E-state index contributed by atoms with van der Waals surface area (Å²) in [5.74, 6) is -0.0239. The topological polar surface area (TPSA) is 105 Å². The molecule has 0 saturated heterocycles. The summed E-state index contributed by atoms with van der Waals surface area (Å²) in [6.07, 6.45) is 1.37. The van der Waals surface area contributed by atoms with Crippen LogP contribution in [0.15, 0.2) is 35.4 Å². The lowest BCUT2D eigenvalue weighted by Gasteiger charge is -2.16.